The molecular formula is C22H23N3O5. The van der Waals surface area contributed by atoms with Crippen LogP contribution in [0.3, 0.4) is 0 Å². The predicted octanol–water partition coefficient (Wildman–Crippen LogP) is 2.51. The van der Waals surface area contributed by atoms with Gasteiger partial charge in [0.15, 0.2) is 0 Å². The van der Waals surface area contributed by atoms with Gasteiger partial charge in [-0.3, -0.25) is 19.7 Å². The second-order valence-corrected chi connectivity index (χ2v) is 7.14. The zero-order valence-electron chi connectivity index (χ0n) is 16.7. The Hall–Kier alpha value is -3.68. The Balaban J connectivity index is 1.70. The third-order valence-electron chi connectivity index (χ3n) is 4.74. The minimum absolute atomic E-state index is 0.0799. The first-order valence-corrected chi connectivity index (χ1v) is 9.57. The molecular weight excluding hydrogens is 386 g/mol. The van der Waals surface area contributed by atoms with E-state index >= 15 is 0 Å². The van der Waals surface area contributed by atoms with E-state index in [1.54, 1.807) is 30.3 Å². The van der Waals surface area contributed by atoms with E-state index in [2.05, 4.69) is 16.0 Å². The number of hydrogen-bond acceptors (Lipinski definition) is 5. The highest BCUT2D eigenvalue weighted by Crippen LogP contribution is 2.23. The number of rotatable bonds is 7. The van der Waals surface area contributed by atoms with Gasteiger partial charge in [-0.25, -0.2) is 4.79 Å². The van der Waals surface area contributed by atoms with E-state index in [-0.39, 0.29) is 12.8 Å². The van der Waals surface area contributed by atoms with E-state index in [9.17, 15) is 19.2 Å². The Labute approximate surface area is 174 Å². The molecule has 3 rings (SSSR count). The summed E-state index contributed by atoms with van der Waals surface area (Å²) in [5, 5.41) is 7.36. The fourth-order valence-corrected chi connectivity index (χ4v) is 3.08. The first-order valence-electron chi connectivity index (χ1n) is 9.57. The van der Waals surface area contributed by atoms with Gasteiger partial charge in [0.25, 0.3) is 11.8 Å². The van der Waals surface area contributed by atoms with Crippen molar-refractivity contribution in [3.05, 3.63) is 65.2 Å². The van der Waals surface area contributed by atoms with Gasteiger partial charge in [0.1, 0.15) is 6.04 Å². The third-order valence-corrected chi connectivity index (χ3v) is 4.74. The zero-order valence-corrected chi connectivity index (χ0v) is 16.7. The van der Waals surface area contributed by atoms with Gasteiger partial charge >= 0.3 is 12.0 Å². The normalized spacial score (nSPS) is 16.4. The van der Waals surface area contributed by atoms with Crippen molar-refractivity contribution in [1.29, 1.82) is 0 Å². The summed E-state index contributed by atoms with van der Waals surface area (Å²) in [6.45, 7) is 3.79. The molecule has 8 heteroatoms. The number of hydrogen-bond donors (Lipinski definition) is 3. The largest absolute Gasteiger partial charge is 0.447 e. The fraction of sp³-hybridized carbons (Fsp3) is 0.273. The molecule has 0 aliphatic carbocycles. The van der Waals surface area contributed by atoms with E-state index in [0.29, 0.717) is 11.3 Å². The maximum Gasteiger partial charge on any atom is 0.322 e. The van der Waals surface area contributed by atoms with Gasteiger partial charge in [-0.1, -0.05) is 42.5 Å². The number of esters is 1. The molecule has 3 N–H and O–H groups in total. The SMILES string of the molecule is Cc1ccc(C)c(NC(=O)[C@@H](OC(=O)CC[C@@H]2NC(=O)NC2=O)c2ccccc2)c1. The van der Waals surface area contributed by atoms with Crippen molar-refractivity contribution in [2.45, 2.75) is 38.8 Å². The Morgan fingerprint density at radius 2 is 1.83 bits per heavy atom. The second kappa shape index (κ2) is 9.21. The molecule has 0 spiro atoms. The summed E-state index contributed by atoms with van der Waals surface area (Å²) in [5.41, 5.74) is 3.04. The average Bonchev–Trinajstić information content (AvgIpc) is 3.05. The van der Waals surface area contributed by atoms with Crippen LogP contribution in [0, 0.1) is 13.8 Å². The van der Waals surface area contributed by atoms with Gasteiger partial charge < -0.3 is 15.4 Å². The maximum absolute atomic E-state index is 13.0. The molecule has 0 bridgehead atoms. The number of benzene rings is 2. The lowest BCUT2D eigenvalue weighted by Crippen LogP contribution is -2.30. The molecule has 8 nitrogen and oxygen atoms in total. The van der Waals surface area contributed by atoms with Crippen molar-refractivity contribution in [3.8, 4) is 0 Å². The summed E-state index contributed by atoms with van der Waals surface area (Å²) in [6, 6.07) is 13.0. The molecule has 1 aliphatic heterocycles. The Morgan fingerprint density at radius 1 is 1.10 bits per heavy atom. The summed E-state index contributed by atoms with van der Waals surface area (Å²) in [5.74, 6) is -1.61. The first-order chi connectivity index (χ1) is 14.3. The van der Waals surface area contributed by atoms with Crippen molar-refractivity contribution in [2.24, 2.45) is 0 Å². The van der Waals surface area contributed by atoms with E-state index in [0.717, 1.165) is 11.1 Å². The molecule has 0 saturated carbocycles. The maximum atomic E-state index is 13.0. The highest BCUT2D eigenvalue weighted by atomic mass is 16.5. The lowest BCUT2D eigenvalue weighted by Gasteiger charge is -2.19. The number of carbonyl (C=O) groups is 4. The molecule has 2 aromatic rings. The third kappa shape index (κ3) is 5.22. The van der Waals surface area contributed by atoms with Crippen molar-refractivity contribution in [2.75, 3.05) is 5.32 Å². The molecule has 1 fully saturated rings. The second-order valence-electron chi connectivity index (χ2n) is 7.14. The average molecular weight is 409 g/mol. The van der Waals surface area contributed by atoms with Crippen LogP contribution < -0.4 is 16.0 Å². The van der Waals surface area contributed by atoms with E-state index in [1.165, 1.54) is 0 Å². The molecule has 0 radical (unpaired) electrons. The van der Waals surface area contributed by atoms with Gasteiger partial charge in [-0.05, 0) is 37.5 Å². The first kappa shape index (κ1) is 21.0. The van der Waals surface area contributed by atoms with Gasteiger partial charge in [0, 0.05) is 17.7 Å². The van der Waals surface area contributed by atoms with Crippen molar-refractivity contribution >= 4 is 29.5 Å². The molecule has 1 aliphatic rings. The van der Waals surface area contributed by atoms with E-state index in [4.69, 9.17) is 4.74 Å². The van der Waals surface area contributed by atoms with Crippen LogP contribution in [0.5, 0.6) is 0 Å². The monoisotopic (exact) mass is 409 g/mol. The topological polar surface area (TPSA) is 114 Å². The number of imide groups is 1. The molecule has 0 aromatic heterocycles. The highest BCUT2D eigenvalue weighted by molar-refractivity contribution is 6.04. The van der Waals surface area contributed by atoms with Crippen molar-refractivity contribution < 1.29 is 23.9 Å². The molecule has 1 heterocycles. The van der Waals surface area contributed by atoms with Crippen LogP contribution in [-0.4, -0.2) is 29.9 Å². The summed E-state index contributed by atoms with van der Waals surface area (Å²) in [7, 11) is 0. The number of urea groups is 1. The molecule has 0 unspecified atom stereocenters. The number of aryl methyl sites for hydroxylation is 2. The van der Waals surface area contributed by atoms with Crippen LogP contribution in [0.15, 0.2) is 48.5 Å². The van der Waals surface area contributed by atoms with Crippen LogP contribution in [-0.2, 0) is 19.1 Å². The summed E-state index contributed by atoms with van der Waals surface area (Å²) in [6.07, 6.45) is -1.19. The van der Waals surface area contributed by atoms with Gasteiger partial charge in [0.05, 0.1) is 0 Å². The standard InChI is InChI=1S/C22H23N3O5/c1-13-8-9-14(2)17(12-13)23-21(28)19(15-6-4-3-5-7-15)30-18(26)11-10-16-20(27)25-22(29)24-16/h3-9,12,16,19H,10-11H2,1-2H3,(H,23,28)(H2,24,25,27,29)/t16-,19-/m0/s1. The molecule has 1 saturated heterocycles. The Morgan fingerprint density at radius 3 is 2.50 bits per heavy atom. The zero-order chi connectivity index (χ0) is 21.7. The van der Waals surface area contributed by atoms with Crippen LogP contribution >= 0.6 is 0 Å². The minimum atomic E-state index is -1.15. The Bertz CT molecular complexity index is 974. The number of carbonyl (C=O) groups excluding carboxylic acids is 4. The highest BCUT2D eigenvalue weighted by Gasteiger charge is 2.31. The van der Waals surface area contributed by atoms with Crippen molar-refractivity contribution in [3.63, 3.8) is 0 Å². The Kier molecular flexibility index (Phi) is 6.46. The lowest BCUT2D eigenvalue weighted by molar-refractivity contribution is -0.155. The van der Waals surface area contributed by atoms with Crippen LogP contribution in [0.2, 0.25) is 0 Å². The quantitative estimate of drug-likeness (QED) is 0.480. The molecule has 4 amide bonds. The van der Waals surface area contributed by atoms with Gasteiger partial charge in [0.2, 0.25) is 6.10 Å². The lowest BCUT2D eigenvalue weighted by atomic mass is 10.1. The smallest absolute Gasteiger partial charge is 0.322 e. The summed E-state index contributed by atoms with van der Waals surface area (Å²) in [4.78, 5) is 48.1. The number of nitrogens with one attached hydrogen (secondary N) is 3. The van der Waals surface area contributed by atoms with Gasteiger partial charge in [-0.15, -0.1) is 0 Å². The van der Waals surface area contributed by atoms with E-state index in [1.807, 2.05) is 32.0 Å². The minimum Gasteiger partial charge on any atom is -0.447 e. The molecule has 30 heavy (non-hydrogen) atoms. The van der Waals surface area contributed by atoms with Crippen molar-refractivity contribution in [1.82, 2.24) is 10.6 Å². The molecule has 2 atom stereocenters. The fourth-order valence-electron chi connectivity index (χ4n) is 3.08. The van der Waals surface area contributed by atoms with E-state index < -0.39 is 36.0 Å². The van der Waals surface area contributed by atoms with Crippen LogP contribution in [0.4, 0.5) is 10.5 Å². The van der Waals surface area contributed by atoms with Crippen LogP contribution in [0.25, 0.3) is 0 Å². The van der Waals surface area contributed by atoms with Crippen LogP contribution in [0.1, 0.15) is 35.6 Å². The summed E-state index contributed by atoms with van der Waals surface area (Å²) < 4.78 is 5.47. The summed E-state index contributed by atoms with van der Waals surface area (Å²) >= 11 is 0. The molecule has 2 aromatic carbocycles. The number of anilines is 1. The number of amides is 4. The molecule has 156 valence electrons. The van der Waals surface area contributed by atoms with Gasteiger partial charge in [-0.2, -0.15) is 0 Å². The predicted molar refractivity (Wildman–Crippen MR) is 110 cm³/mol. The number of ether oxygens (including phenoxy) is 1.